The number of rotatable bonds is 4. The minimum absolute atomic E-state index is 0.0397. The fourth-order valence-corrected chi connectivity index (χ4v) is 1.59. The first-order chi connectivity index (χ1) is 7.19. The van der Waals surface area contributed by atoms with Gasteiger partial charge in [0.2, 0.25) is 5.91 Å². The lowest BCUT2D eigenvalue weighted by Gasteiger charge is -2.18. The highest BCUT2D eigenvalue weighted by molar-refractivity contribution is 5.80. The molecule has 1 heterocycles. The average Bonchev–Trinajstić information content (AvgIpc) is 2.63. The third-order valence-electron chi connectivity index (χ3n) is 2.66. The van der Waals surface area contributed by atoms with Gasteiger partial charge in [-0.05, 0) is 6.42 Å². The van der Waals surface area contributed by atoms with Crippen molar-refractivity contribution in [3.05, 3.63) is 0 Å². The Bertz CT molecular complexity index is 260. The molecule has 0 aromatic rings. The summed E-state index contributed by atoms with van der Waals surface area (Å²) in [6, 6.07) is -0.136. The second-order valence-electron chi connectivity index (χ2n) is 3.83. The standard InChI is InChI=1S/C11H18N2O2/c1-3-5-8(4-2)13-11(14)9-6-15-7-10(9)12/h1,8-10H,4-7,12H2,2H3,(H,13,14). The Labute approximate surface area is 90.5 Å². The van der Waals surface area contributed by atoms with E-state index < -0.39 is 0 Å². The van der Waals surface area contributed by atoms with E-state index in [0.717, 1.165) is 6.42 Å². The molecule has 1 aliphatic rings. The highest BCUT2D eigenvalue weighted by atomic mass is 16.5. The fraction of sp³-hybridized carbons (Fsp3) is 0.727. The zero-order chi connectivity index (χ0) is 11.3. The van der Waals surface area contributed by atoms with E-state index in [4.69, 9.17) is 16.9 Å². The number of ether oxygens (including phenoxy) is 1. The van der Waals surface area contributed by atoms with Gasteiger partial charge >= 0.3 is 0 Å². The summed E-state index contributed by atoms with van der Waals surface area (Å²) in [7, 11) is 0. The van der Waals surface area contributed by atoms with Crippen LogP contribution in [0.25, 0.3) is 0 Å². The molecule has 4 heteroatoms. The van der Waals surface area contributed by atoms with E-state index >= 15 is 0 Å². The van der Waals surface area contributed by atoms with Gasteiger partial charge in [0.15, 0.2) is 0 Å². The van der Waals surface area contributed by atoms with Crippen molar-refractivity contribution in [1.82, 2.24) is 5.32 Å². The van der Waals surface area contributed by atoms with Gasteiger partial charge in [0.25, 0.3) is 0 Å². The Morgan fingerprint density at radius 2 is 2.47 bits per heavy atom. The monoisotopic (exact) mass is 210 g/mol. The Kier molecular flexibility index (Phi) is 4.60. The Morgan fingerprint density at radius 1 is 1.73 bits per heavy atom. The Balaban J connectivity index is 2.43. The van der Waals surface area contributed by atoms with Gasteiger partial charge in [-0.1, -0.05) is 6.92 Å². The van der Waals surface area contributed by atoms with Crippen molar-refractivity contribution in [2.75, 3.05) is 13.2 Å². The third-order valence-corrected chi connectivity index (χ3v) is 2.66. The lowest BCUT2D eigenvalue weighted by Crippen LogP contribution is -2.44. The largest absolute Gasteiger partial charge is 0.379 e. The van der Waals surface area contributed by atoms with Crippen LogP contribution in [0.15, 0.2) is 0 Å². The second kappa shape index (κ2) is 5.74. The Morgan fingerprint density at radius 3 is 2.93 bits per heavy atom. The molecule has 0 spiro atoms. The molecule has 0 radical (unpaired) electrons. The molecule has 0 aromatic carbocycles. The number of hydrogen-bond donors (Lipinski definition) is 2. The van der Waals surface area contributed by atoms with Crippen molar-refractivity contribution in [2.45, 2.75) is 31.8 Å². The van der Waals surface area contributed by atoms with Gasteiger partial charge in [-0.3, -0.25) is 4.79 Å². The summed E-state index contributed by atoms with van der Waals surface area (Å²) in [5, 5.41) is 2.90. The van der Waals surface area contributed by atoms with E-state index in [0.29, 0.717) is 19.6 Å². The fourth-order valence-electron chi connectivity index (χ4n) is 1.59. The third kappa shape index (κ3) is 3.22. The van der Waals surface area contributed by atoms with Crippen LogP contribution in [0, 0.1) is 18.3 Å². The second-order valence-corrected chi connectivity index (χ2v) is 3.83. The summed E-state index contributed by atoms with van der Waals surface area (Å²) in [5.74, 6) is 2.28. The molecular formula is C11H18N2O2. The number of carbonyl (C=O) groups excluding carboxylic acids is 1. The van der Waals surface area contributed by atoms with Crippen LogP contribution in [0.2, 0.25) is 0 Å². The van der Waals surface area contributed by atoms with Crippen molar-refractivity contribution in [2.24, 2.45) is 11.7 Å². The van der Waals surface area contributed by atoms with Crippen molar-refractivity contribution < 1.29 is 9.53 Å². The normalized spacial score (nSPS) is 27.0. The van der Waals surface area contributed by atoms with Crippen molar-refractivity contribution in [3.63, 3.8) is 0 Å². The van der Waals surface area contributed by atoms with Crippen LogP contribution in [-0.4, -0.2) is 31.2 Å². The predicted octanol–water partition coefficient (Wildman–Crippen LogP) is -0.122. The summed E-state index contributed by atoms with van der Waals surface area (Å²) >= 11 is 0. The molecule has 1 amide bonds. The zero-order valence-corrected chi connectivity index (χ0v) is 9.03. The SMILES string of the molecule is C#CCC(CC)NC(=O)C1COCC1N. The van der Waals surface area contributed by atoms with Crippen LogP contribution in [0.1, 0.15) is 19.8 Å². The first-order valence-electron chi connectivity index (χ1n) is 5.26. The number of hydrogen-bond acceptors (Lipinski definition) is 3. The first-order valence-corrected chi connectivity index (χ1v) is 5.26. The van der Waals surface area contributed by atoms with E-state index in [-0.39, 0.29) is 23.9 Å². The van der Waals surface area contributed by atoms with E-state index in [2.05, 4.69) is 11.2 Å². The highest BCUT2D eigenvalue weighted by Gasteiger charge is 2.31. The molecule has 0 aliphatic carbocycles. The molecule has 1 aliphatic heterocycles. The van der Waals surface area contributed by atoms with E-state index in [9.17, 15) is 4.79 Å². The van der Waals surface area contributed by atoms with Crippen molar-refractivity contribution >= 4 is 5.91 Å². The molecule has 3 atom stereocenters. The molecule has 3 unspecified atom stereocenters. The van der Waals surface area contributed by atoms with E-state index in [1.807, 2.05) is 6.92 Å². The maximum Gasteiger partial charge on any atom is 0.227 e. The topological polar surface area (TPSA) is 64.3 Å². The van der Waals surface area contributed by atoms with Gasteiger partial charge in [0, 0.05) is 18.5 Å². The molecule has 1 rings (SSSR count). The van der Waals surface area contributed by atoms with Gasteiger partial charge < -0.3 is 15.8 Å². The highest BCUT2D eigenvalue weighted by Crippen LogP contribution is 2.12. The average molecular weight is 210 g/mol. The van der Waals surface area contributed by atoms with Crippen LogP contribution in [0.3, 0.4) is 0 Å². The minimum Gasteiger partial charge on any atom is -0.379 e. The number of nitrogens with one attached hydrogen (secondary N) is 1. The van der Waals surface area contributed by atoms with Gasteiger partial charge in [-0.2, -0.15) is 0 Å². The van der Waals surface area contributed by atoms with Crippen LogP contribution >= 0.6 is 0 Å². The van der Waals surface area contributed by atoms with Crippen LogP contribution in [-0.2, 0) is 9.53 Å². The molecule has 15 heavy (non-hydrogen) atoms. The summed E-state index contributed by atoms with van der Waals surface area (Å²) in [6.45, 7) is 2.87. The molecule has 0 aromatic heterocycles. The van der Waals surface area contributed by atoms with Crippen LogP contribution in [0.5, 0.6) is 0 Å². The van der Waals surface area contributed by atoms with Gasteiger partial charge in [0.05, 0.1) is 19.1 Å². The van der Waals surface area contributed by atoms with Crippen molar-refractivity contribution in [3.8, 4) is 12.3 Å². The molecule has 3 N–H and O–H groups in total. The van der Waals surface area contributed by atoms with E-state index in [1.54, 1.807) is 0 Å². The number of amides is 1. The van der Waals surface area contributed by atoms with Crippen LogP contribution < -0.4 is 11.1 Å². The Hall–Kier alpha value is -1.05. The smallest absolute Gasteiger partial charge is 0.227 e. The summed E-state index contributed by atoms with van der Waals surface area (Å²) < 4.78 is 5.14. The summed E-state index contributed by atoms with van der Waals surface area (Å²) in [6.07, 6.45) is 6.60. The first kappa shape index (κ1) is 12.0. The maximum atomic E-state index is 11.8. The van der Waals surface area contributed by atoms with Gasteiger partial charge in [0.1, 0.15) is 0 Å². The van der Waals surface area contributed by atoms with Gasteiger partial charge in [-0.25, -0.2) is 0 Å². The van der Waals surface area contributed by atoms with Crippen LogP contribution in [0.4, 0.5) is 0 Å². The maximum absolute atomic E-state index is 11.8. The quantitative estimate of drug-likeness (QED) is 0.636. The molecule has 1 fully saturated rings. The molecule has 1 saturated heterocycles. The molecule has 0 bridgehead atoms. The lowest BCUT2D eigenvalue weighted by molar-refractivity contribution is -0.125. The van der Waals surface area contributed by atoms with E-state index in [1.165, 1.54) is 0 Å². The number of carbonyl (C=O) groups is 1. The molecule has 84 valence electrons. The predicted molar refractivity (Wildman–Crippen MR) is 58.0 cm³/mol. The molecular weight excluding hydrogens is 192 g/mol. The zero-order valence-electron chi connectivity index (χ0n) is 9.03. The minimum atomic E-state index is -0.225. The molecule has 0 saturated carbocycles. The number of nitrogens with two attached hydrogens (primary N) is 1. The summed E-state index contributed by atoms with van der Waals surface area (Å²) in [5.41, 5.74) is 5.74. The lowest BCUT2D eigenvalue weighted by atomic mass is 10.0. The summed E-state index contributed by atoms with van der Waals surface area (Å²) in [4.78, 5) is 11.8. The molecule has 4 nitrogen and oxygen atoms in total. The van der Waals surface area contributed by atoms with Gasteiger partial charge in [-0.15, -0.1) is 12.3 Å². The van der Waals surface area contributed by atoms with Crippen molar-refractivity contribution in [1.29, 1.82) is 0 Å². The number of terminal acetylenes is 1.